The number of nitriles is 1. The van der Waals surface area contributed by atoms with Gasteiger partial charge in [-0.15, -0.1) is 0 Å². The normalized spacial score (nSPS) is 15.0. The van der Waals surface area contributed by atoms with Crippen molar-refractivity contribution in [2.24, 2.45) is 0 Å². The Kier molecular flexibility index (Phi) is 3.92. The summed E-state index contributed by atoms with van der Waals surface area (Å²) in [5, 5.41) is 9.04. The molecular weight excluding hydrogens is 290 g/mol. The van der Waals surface area contributed by atoms with Gasteiger partial charge in [-0.3, -0.25) is 0 Å². The number of oxazole rings is 1. The zero-order valence-electron chi connectivity index (χ0n) is 11.8. The first kappa shape index (κ1) is 14.3. The molecule has 1 aliphatic rings. The van der Waals surface area contributed by atoms with Crippen LogP contribution in [0.3, 0.4) is 0 Å². The Morgan fingerprint density at radius 1 is 1.18 bits per heavy atom. The van der Waals surface area contributed by atoms with Crippen LogP contribution in [-0.4, -0.2) is 31.2 Å². The molecule has 0 radical (unpaired) electrons. The van der Waals surface area contributed by atoms with Crippen LogP contribution in [0.15, 0.2) is 28.7 Å². The van der Waals surface area contributed by atoms with Crippen molar-refractivity contribution < 1.29 is 13.2 Å². The molecule has 2 heterocycles. The summed E-state index contributed by atoms with van der Waals surface area (Å²) in [4.78, 5) is 7.57. The van der Waals surface area contributed by atoms with E-state index in [2.05, 4.69) is 4.98 Å². The van der Waals surface area contributed by atoms with Crippen molar-refractivity contribution >= 4 is 11.6 Å². The summed E-state index contributed by atoms with van der Waals surface area (Å²) < 4.78 is 31.7. The minimum absolute atomic E-state index is 0.0898. The van der Waals surface area contributed by atoms with E-state index >= 15 is 0 Å². The molecule has 0 spiro atoms. The molecule has 0 amide bonds. The zero-order valence-corrected chi connectivity index (χ0v) is 11.8. The Balaban J connectivity index is 1.74. The summed E-state index contributed by atoms with van der Waals surface area (Å²) >= 11 is 0. The van der Waals surface area contributed by atoms with Crippen LogP contribution in [0.4, 0.5) is 20.4 Å². The lowest BCUT2D eigenvalue weighted by molar-refractivity contribution is 0.378. The highest BCUT2D eigenvalue weighted by Crippen LogP contribution is 2.26. The van der Waals surface area contributed by atoms with Gasteiger partial charge in [0, 0.05) is 26.2 Å². The molecule has 0 unspecified atom stereocenters. The number of hydrogen-bond acceptors (Lipinski definition) is 5. The monoisotopic (exact) mass is 304 g/mol. The summed E-state index contributed by atoms with van der Waals surface area (Å²) in [6.45, 7) is 1.41. The smallest absolute Gasteiger partial charge is 0.234 e. The lowest BCUT2D eigenvalue weighted by atomic mass is 10.2. The number of halogens is 2. The van der Waals surface area contributed by atoms with Gasteiger partial charge in [0.1, 0.15) is 11.9 Å². The Bertz CT molecular complexity index is 702. The van der Waals surface area contributed by atoms with Crippen LogP contribution in [0.2, 0.25) is 0 Å². The molecule has 3 rings (SSSR count). The number of hydrogen-bond donors (Lipinski definition) is 0. The predicted molar refractivity (Wildman–Crippen MR) is 76.9 cm³/mol. The van der Waals surface area contributed by atoms with Crippen LogP contribution in [0.25, 0.3) is 0 Å². The Morgan fingerprint density at radius 3 is 2.50 bits per heavy atom. The summed E-state index contributed by atoms with van der Waals surface area (Å²) in [7, 11) is 0. The number of alkyl halides is 1. The third-order valence-corrected chi connectivity index (χ3v) is 3.63. The topological polar surface area (TPSA) is 56.3 Å². The summed E-state index contributed by atoms with van der Waals surface area (Å²) in [5.74, 6) is -0.0561. The van der Waals surface area contributed by atoms with Crippen LogP contribution in [-0.2, 0) is 6.67 Å². The van der Waals surface area contributed by atoms with Crippen molar-refractivity contribution in [1.29, 1.82) is 5.26 Å². The fraction of sp³-hybridized carbons (Fsp3) is 0.333. The number of rotatable bonds is 3. The third-order valence-electron chi connectivity index (χ3n) is 3.63. The van der Waals surface area contributed by atoms with Crippen molar-refractivity contribution in [1.82, 2.24) is 4.98 Å². The van der Waals surface area contributed by atoms with Crippen LogP contribution >= 0.6 is 0 Å². The quantitative estimate of drug-likeness (QED) is 0.872. The van der Waals surface area contributed by atoms with Crippen molar-refractivity contribution in [3.05, 3.63) is 41.7 Å². The van der Waals surface area contributed by atoms with Gasteiger partial charge in [-0.1, -0.05) is 12.1 Å². The van der Waals surface area contributed by atoms with Gasteiger partial charge in [-0.25, -0.2) is 8.78 Å². The average molecular weight is 304 g/mol. The van der Waals surface area contributed by atoms with Gasteiger partial charge in [-0.05, 0) is 12.1 Å². The Labute approximate surface area is 126 Å². The number of para-hydroxylation sites is 1. The molecule has 2 aromatic rings. The second-order valence-corrected chi connectivity index (χ2v) is 4.93. The molecule has 1 saturated heterocycles. The second-order valence-electron chi connectivity index (χ2n) is 4.93. The molecular formula is C15H14F2N4O. The van der Waals surface area contributed by atoms with Crippen LogP contribution in [0.1, 0.15) is 11.6 Å². The number of aromatic nitrogens is 1. The maximum Gasteiger partial charge on any atom is 0.234 e. The SMILES string of the molecule is N#Cc1nc(CF)oc1N1CCN(c2ccccc2F)CC1. The van der Waals surface area contributed by atoms with Gasteiger partial charge in [0.2, 0.25) is 17.5 Å². The van der Waals surface area contributed by atoms with Crippen molar-refractivity contribution in [3.63, 3.8) is 0 Å². The molecule has 0 atom stereocenters. The highest BCUT2D eigenvalue weighted by molar-refractivity contribution is 5.52. The van der Waals surface area contributed by atoms with Crippen LogP contribution < -0.4 is 9.80 Å². The summed E-state index contributed by atoms with van der Waals surface area (Å²) in [6.07, 6.45) is 0. The van der Waals surface area contributed by atoms with Gasteiger partial charge in [0.25, 0.3) is 0 Å². The van der Waals surface area contributed by atoms with E-state index < -0.39 is 6.67 Å². The van der Waals surface area contributed by atoms with E-state index in [1.54, 1.807) is 18.2 Å². The molecule has 1 fully saturated rings. The first-order valence-electron chi connectivity index (χ1n) is 6.93. The van der Waals surface area contributed by atoms with Crippen molar-refractivity contribution in [3.8, 4) is 6.07 Å². The van der Waals surface area contributed by atoms with Gasteiger partial charge in [-0.2, -0.15) is 10.2 Å². The molecule has 7 heteroatoms. The van der Waals surface area contributed by atoms with E-state index in [9.17, 15) is 8.78 Å². The molecule has 114 valence electrons. The van der Waals surface area contributed by atoms with Crippen LogP contribution in [0, 0.1) is 17.1 Å². The molecule has 1 aliphatic heterocycles. The predicted octanol–water partition coefficient (Wildman–Crippen LogP) is 2.48. The van der Waals surface area contributed by atoms with Gasteiger partial charge in [0.05, 0.1) is 5.69 Å². The van der Waals surface area contributed by atoms with Gasteiger partial charge >= 0.3 is 0 Å². The lowest BCUT2D eigenvalue weighted by Crippen LogP contribution is -2.47. The molecule has 0 bridgehead atoms. The first-order valence-corrected chi connectivity index (χ1v) is 6.93. The summed E-state index contributed by atoms with van der Waals surface area (Å²) in [6, 6.07) is 8.53. The highest BCUT2D eigenvalue weighted by atomic mass is 19.1. The number of piperazine rings is 1. The number of benzene rings is 1. The van der Waals surface area contributed by atoms with E-state index in [1.807, 2.05) is 15.9 Å². The standard InChI is InChI=1S/C15H14F2N4O/c16-9-14-19-12(10-18)15(22-14)21-7-5-20(6-8-21)13-4-2-1-3-11(13)17/h1-4H,5-9H2. The fourth-order valence-corrected chi connectivity index (χ4v) is 2.56. The van der Waals surface area contributed by atoms with Gasteiger partial charge in [0.15, 0.2) is 6.67 Å². The minimum atomic E-state index is -0.843. The zero-order chi connectivity index (χ0) is 15.5. The fourth-order valence-electron chi connectivity index (χ4n) is 2.56. The molecule has 1 aromatic heterocycles. The van der Waals surface area contributed by atoms with Crippen LogP contribution in [0.5, 0.6) is 0 Å². The third kappa shape index (κ3) is 2.60. The van der Waals surface area contributed by atoms with Gasteiger partial charge < -0.3 is 14.2 Å². The van der Waals surface area contributed by atoms with E-state index in [0.717, 1.165) is 0 Å². The van der Waals surface area contributed by atoms with E-state index in [1.165, 1.54) is 6.07 Å². The molecule has 0 saturated carbocycles. The van der Waals surface area contributed by atoms with Crippen molar-refractivity contribution in [2.75, 3.05) is 36.0 Å². The summed E-state index contributed by atoms with van der Waals surface area (Å²) in [5.41, 5.74) is 0.650. The lowest BCUT2D eigenvalue weighted by Gasteiger charge is -2.35. The first-order chi connectivity index (χ1) is 10.7. The molecule has 22 heavy (non-hydrogen) atoms. The average Bonchev–Trinajstić information content (AvgIpc) is 2.99. The maximum atomic E-state index is 13.8. The van der Waals surface area contributed by atoms with E-state index in [-0.39, 0.29) is 17.4 Å². The van der Waals surface area contributed by atoms with Crippen molar-refractivity contribution in [2.45, 2.75) is 6.67 Å². The number of nitrogens with zero attached hydrogens (tertiary/aromatic N) is 4. The highest BCUT2D eigenvalue weighted by Gasteiger charge is 2.25. The molecule has 1 aromatic carbocycles. The maximum absolute atomic E-state index is 13.8. The largest absolute Gasteiger partial charge is 0.421 e. The second kappa shape index (κ2) is 6.02. The molecule has 0 N–H and O–H groups in total. The van der Waals surface area contributed by atoms with E-state index in [4.69, 9.17) is 9.68 Å². The van der Waals surface area contributed by atoms with E-state index in [0.29, 0.717) is 37.8 Å². The Hall–Kier alpha value is -2.62. The molecule has 0 aliphatic carbocycles. The Morgan fingerprint density at radius 2 is 1.86 bits per heavy atom. The molecule has 5 nitrogen and oxygen atoms in total. The number of anilines is 2. The minimum Gasteiger partial charge on any atom is -0.421 e.